The van der Waals surface area contributed by atoms with E-state index in [0.29, 0.717) is 11.1 Å². The molecule has 1 saturated carbocycles. The Morgan fingerprint density at radius 2 is 1.59 bits per heavy atom. The number of carbonyl (C=O) groups is 2. The Balaban J connectivity index is 2.26. The summed E-state index contributed by atoms with van der Waals surface area (Å²) in [6.07, 6.45) is 5.36. The summed E-state index contributed by atoms with van der Waals surface area (Å²) in [6.45, 7) is 0. The highest BCUT2D eigenvalue weighted by Crippen LogP contribution is 2.28. The van der Waals surface area contributed by atoms with E-state index in [0.717, 1.165) is 25.7 Å². The summed E-state index contributed by atoms with van der Waals surface area (Å²) in [5.41, 5.74) is 0.978. The number of hydrogen-bond donors (Lipinski definition) is 1. The largest absolute Gasteiger partial charge is 0.294 e. The second kappa shape index (κ2) is 5.50. The van der Waals surface area contributed by atoms with Crippen LogP contribution in [0.3, 0.4) is 0 Å². The molecule has 0 spiro atoms. The van der Waals surface area contributed by atoms with Crippen molar-refractivity contribution in [3.63, 3.8) is 0 Å². The number of rotatable bonds is 3. The Kier molecular flexibility index (Phi) is 4.00. The third-order valence-electron chi connectivity index (χ3n) is 3.40. The van der Waals surface area contributed by atoms with Crippen LogP contribution in [0.15, 0.2) is 24.3 Å². The summed E-state index contributed by atoms with van der Waals surface area (Å²) in [6, 6.07) is 6.98. The topological polar surface area (TPSA) is 34.1 Å². The number of ketones is 1. The minimum atomic E-state index is -0.329. The summed E-state index contributed by atoms with van der Waals surface area (Å²) in [4.78, 5) is 23.7. The van der Waals surface area contributed by atoms with Crippen LogP contribution in [0.2, 0.25) is 0 Å². The van der Waals surface area contributed by atoms with Gasteiger partial charge in [0.2, 0.25) is 5.12 Å². The Morgan fingerprint density at radius 1 is 1.00 bits per heavy atom. The molecular weight excluding hydrogens is 232 g/mol. The normalized spacial score (nSPS) is 16.8. The zero-order valence-corrected chi connectivity index (χ0v) is 10.6. The standard InChI is InChI=1S/C14H16O2S/c15-13(10-6-2-1-3-7-10)11-8-4-5-9-12(11)14(16)17/h4-5,8-10H,1-3,6-7H2,(H,16,17). The fraction of sp³-hybridized carbons (Fsp3) is 0.429. The fourth-order valence-corrected chi connectivity index (χ4v) is 2.66. The molecule has 0 aromatic heterocycles. The van der Waals surface area contributed by atoms with E-state index in [1.54, 1.807) is 24.3 Å². The van der Waals surface area contributed by atoms with Crippen LogP contribution in [0, 0.1) is 5.92 Å². The van der Waals surface area contributed by atoms with Crippen molar-refractivity contribution < 1.29 is 9.59 Å². The van der Waals surface area contributed by atoms with Gasteiger partial charge in [-0.2, -0.15) is 0 Å². The highest BCUT2D eigenvalue weighted by molar-refractivity contribution is 7.97. The summed E-state index contributed by atoms with van der Waals surface area (Å²) >= 11 is 3.82. The van der Waals surface area contributed by atoms with Gasteiger partial charge in [-0.1, -0.05) is 37.5 Å². The van der Waals surface area contributed by atoms with E-state index < -0.39 is 0 Å². The molecule has 0 radical (unpaired) electrons. The Morgan fingerprint density at radius 3 is 2.18 bits per heavy atom. The zero-order chi connectivity index (χ0) is 12.3. The molecule has 1 aromatic carbocycles. The lowest BCUT2D eigenvalue weighted by Gasteiger charge is -2.21. The lowest BCUT2D eigenvalue weighted by Crippen LogP contribution is -2.19. The Hall–Kier alpha value is -1.09. The third-order valence-corrected chi connectivity index (χ3v) is 3.64. The first kappa shape index (κ1) is 12.4. The smallest absolute Gasteiger partial charge is 0.217 e. The van der Waals surface area contributed by atoms with Crippen molar-refractivity contribution in [3.8, 4) is 0 Å². The van der Waals surface area contributed by atoms with E-state index in [-0.39, 0.29) is 16.8 Å². The van der Waals surface area contributed by atoms with Crippen LogP contribution in [-0.2, 0) is 0 Å². The maximum Gasteiger partial charge on any atom is 0.217 e. The lowest BCUT2D eigenvalue weighted by molar-refractivity contribution is 0.0884. The van der Waals surface area contributed by atoms with Crippen molar-refractivity contribution in [2.45, 2.75) is 32.1 Å². The summed E-state index contributed by atoms with van der Waals surface area (Å²) in [5.74, 6) is 0.209. The molecule has 0 bridgehead atoms. The van der Waals surface area contributed by atoms with Gasteiger partial charge in [0.25, 0.3) is 0 Å². The van der Waals surface area contributed by atoms with E-state index in [1.807, 2.05) is 0 Å². The van der Waals surface area contributed by atoms with E-state index in [9.17, 15) is 9.59 Å². The van der Waals surface area contributed by atoms with Crippen molar-refractivity contribution >= 4 is 23.5 Å². The van der Waals surface area contributed by atoms with Crippen LogP contribution in [0.1, 0.15) is 52.8 Å². The minimum absolute atomic E-state index is 0.0950. The zero-order valence-electron chi connectivity index (χ0n) is 9.69. The molecule has 0 unspecified atom stereocenters. The maximum absolute atomic E-state index is 12.3. The highest BCUT2D eigenvalue weighted by Gasteiger charge is 2.24. The van der Waals surface area contributed by atoms with Crippen molar-refractivity contribution in [1.29, 1.82) is 0 Å². The first-order chi connectivity index (χ1) is 8.20. The molecule has 1 fully saturated rings. The van der Waals surface area contributed by atoms with Crippen LogP contribution < -0.4 is 0 Å². The van der Waals surface area contributed by atoms with Gasteiger partial charge in [-0.15, -0.1) is 12.6 Å². The molecule has 0 amide bonds. The number of benzene rings is 1. The van der Waals surface area contributed by atoms with Crippen LogP contribution in [0.5, 0.6) is 0 Å². The van der Waals surface area contributed by atoms with Gasteiger partial charge in [0.1, 0.15) is 0 Å². The molecule has 0 aliphatic heterocycles. The molecule has 3 heteroatoms. The van der Waals surface area contributed by atoms with Crippen molar-refractivity contribution in [3.05, 3.63) is 35.4 Å². The highest BCUT2D eigenvalue weighted by atomic mass is 32.1. The molecule has 1 aliphatic rings. The first-order valence-electron chi connectivity index (χ1n) is 6.06. The first-order valence-corrected chi connectivity index (χ1v) is 6.51. The van der Waals surface area contributed by atoms with Gasteiger partial charge in [0.15, 0.2) is 5.78 Å². The molecular formula is C14H16O2S. The third kappa shape index (κ3) is 2.78. The second-order valence-corrected chi connectivity index (χ2v) is 4.96. The van der Waals surface area contributed by atoms with Gasteiger partial charge in [-0.3, -0.25) is 9.59 Å². The Bertz CT molecular complexity index is 434. The molecule has 0 saturated heterocycles. The lowest BCUT2D eigenvalue weighted by atomic mass is 9.83. The predicted octanol–water partition coefficient (Wildman–Crippen LogP) is 3.52. The summed E-state index contributed by atoms with van der Waals surface area (Å²) in [5, 5.41) is -0.329. The Labute approximate surface area is 107 Å². The van der Waals surface area contributed by atoms with Crippen molar-refractivity contribution in [2.24, 2.45) is 5.92 Å². The summed E-state index contributed by atoms with van der Waals surface area (Å²) < 4.78 is 0. The molecule has 2 rings (SSSR count). The van der Waals surface area contributed by atoms with Crippen LogP contribution >= 0.6 is 12.6 Å². The average Bonchev–Trinajstić information content (AvgIpc) is 2.39. The van der Waals surface area contributed by atoms with Crippen molar-refractivity contribution in [2.75, 3.05) is 0 Å². The van der Waals surface area contributed by atoms with E-state index in [1.165, 1.54) is 6.42 Å². The molecule has 0 heterocycles. The molecule has 90 valence electrons. The monoisotopic (exact) mass is 248 g/mol. The van der Waals surface area contributed by atoms with Crippen molar-refractivity contribution in [1.82, 2.24) is 0 Å². The van der Waals surface area contributed by atoms with Gasteiger partial charge in [-0.25, -0.2) is 0 Å². The van der Waals surface area contributed by atoms with Crippen LogP contribution in [0.4, 0.5) is 0 Å². The van der Waals surface area contributed by atoms with Gasteiger partial charge < -0.3 is 0 Å². The van der Waals surface area contributed by atoms with Gasteiger partial charge >= 0.3 is 0 Å². The SMILES string of the molecule is O=C(S)c1ccccc1C(=O)C1CCCCC1. The molecule has 2 nitrogen and oxygen atoms in total. The predicted molar refractivity (Wildman–Crippen MR) is 70.7 cm³/mol. The quantitative estimate of drug-likeness (QED) is 0.656. The second-order valence-electron chi connectivity index (χ2n) is 4.55. The van der Waals surface area contributed by atoms with Gasteiger partial charge in [0.05, 0.1) is 0 Å². The minimum Gasteiger partial charge on any atom is -0.294 e. The number of Topliss-reactive ketones (excluding diaryl/α,β-unsaturated/α-hetero) is 1. The molecule has 1 aliphatic carbocycles. The fourth-order valence-electron chi connectivity index (χ4n) is 2.47. The number of carbonyl (C=O) groups excluding carboxylic acids is 2. The summed E-state index contributed by atoms with van der Waals surface area (Å²) in [7, 11) is 0. The average molecular weight is 248 g/mol. The molecule has 0 N–H and O–H groups in total. The van der Waals surface area contributed by atoms with E-state index in [4.69, 9.17) is 0 Å². The van der Waals surface area contributed by atoms with E-state index in [2.05, 4.69) is 12.6 Å². The molecule has 1 aromatic rings. The van der Waals surface area contributed by atoms with Crippen LogP contribution in [0.25, 0.3) is 0 Å². The molecule has 0 atom stereocenters. The van der Waals surface area contributed by atoms with Gasteiger partial charge in [0, 0.05) is 17.0 Å². The van der Waals surface area contributed by atoms with Crippen LogP contribution in [-0.4, -0.2) is 10.9 Å². The van der Waals surface area contributed by atoms with E-state index >= 15 is 0 Å². The number of thiol groups is 1. The number of hydrogen-bond acceptors (Lipinski definition) is 2. The van der Waals surface area contributed by atoms with Gasteiger partial charge in [-0.05, 0) is 18.9 Å². The maximum atomic E-state index is 12.3. The molecule has 17 heavy (non-hydrogen) atoms.